The Morgan fingerprint density at radius 1 is 0.658 bits per heavy atom. The van der Waals surface area contributed by atoms with Crippen molar-refractivity contribution in [3.63, 3.8) is 0 Å². The number of carboxylic acid groups (broad SMARTS) is 1. The molecule has 38 heavy (non-hydrogen) atoms. The molecule has 0 aliphatic rings. The second kappa shape index (κ2) is 23.2. The lowest BCUT2D eigenvalue weighted by molar-refractivity contribution is -0.142. The van der Waals surface area contributed by atoms with E-state index in [0.717, 1.165) is 38.5 Å². The van der Waals surface area contributed by atoms with Crippen molar-refractivity contribution in [3.8, 4) is 0 Å². The lowest BCUT2D eigenvalue weighted by Gasteiger charge is -2.23. The van der Waals surface area contributed by atoms with Crippen molar-refractivity contribution in [2.45, 2.75) is 111 Å². The number of unbranched alkanes of at least 4 members (excludes halogenated alkanes) is 1. The van der Waals surface area contributed by atoms with Crippen LogP contribution in [0.25, 0.3) is 0 Å². The van der Waals surface area contributed by atoms with E-state index >= 15 is 0 Å². The van der Waals surface area contributed by atoms with Crippen LogP contribution < -0.4 is 10.6 Å². The number of allylic oxidation sites excluding steroid dienone is 10. The molecule has 0 aromatic rings. The zero-order valence-corrected chi connectivity index (χ0v) is 24.3. The lowest BCUT2D eigenvalue weighted by atomic mass is 10.0. The van der Waals surface area contributed by atoms with Crippen molar-refractivity contribution in [1.82, 2.24) is 10.6 Å². The van der Waals surface area contributed by atoms with Gasteiger partial charge in [-0.1, -0.05) is 95.4 Å². The zero-order chi connectivity index (χ0) is 28.6. The van der Waals surface area contributed by atoms with Crippen molar-refractivity contribution < 1.29 is 19.5 Å². The second-order valence-corrected chi connectivity index (χ2v) is 10.4. The first-order chi connectivity index (χ1) is 18.2. The topological polar surface area (TPSA) is 95.5 Å². The number of carboxylic acids is 1. The molecule has 0 saturated heterocycles. The summed E-state index contributed by atoms with van der Waals surface area (Å²) in [5.74, 6) is -1.36. The summed E-state index contributed by atoms with van der Waals surface area (Å²) in [4.78, 5) is 36.7. The SMILES string of the molecule is CCC=CCC=CCC=CCC=CCC=CCCCC(=O)NC(CC(C)C)C(=O)NC(CC(C)C)C(=O)O. The Morgan fingerprint density at radius 2 is 1.11 bits per heavy atom. The van der Waals surface area contributed by atoms with Crippen LogP contribution in [0.5, 0.6) is 0 Å². The van der Waals surface area contributed by atoms with Crippen LogP contribution in [0.15, 0.2) is 60.8 Å². The summed E-state index contributed by atoms with van der Waals surface area (Å²) in [6, 6.07) is -1.69. The maximum atomic E-state index is 12.7. The standard InChI is InChI=1S/C32H52N2O4/c1-6-7-8-9-10-11-12-13-14-15-16-17-18-19-20-21-22-23-30(35)33-28(24-26(2)3)31(36)34-29(32(37)38)25-27(4)5/h7-8,10-11,13-14,16-17,19-20,26-29H,6,9,12,15,18,21-25H2,1-5H3,(H,33,35)(H,34,36)(H,37,38). The first-order valence-corrected chi connectivity index (χ1v) is 14.2. The number of rotatable bonds is 21. The van der Waals surface area contributed by atoms with Crippen molar-refractivity contribution in [2.24, 2.45) is 11.8 Å². The van der Waals surface area contributed by atoms with E-state index in [2.05, 4.69) is 78.3 Å². The van der Waals surface area contributed by atoms with Crippen LogP contribution >= 0.6 is 0 Å². The van der Waals surface area contributed by atoms with Crippen molar-refractivity contribution in [2.75, 3.05) is 0 Å². The van der Waals surface area contributed by atoms with Crippen molar-refractivity contribution in [3.05, 3.63) is 60.8 Å². The molecule has 0 rings (SSSR count). The predicted molar refractivity (Wildman–Crippen MR) is 159 cm³/mol. The largest absolute Gasteiger partial charge is 0.480 e. The summed E-state index contributed by atoms with van der Waals surface area (Å²) in [7, 11) is 0. The molecule has 6 nitrogen and oxygen atoms in total. The molecule has 0 fully saturated rings. The summed E-state index contributed by atoms with van der Waals surface area (Å²) >= 11 is 0. The molecule has 2 amide bonds. The first-order valence-electron chi connectivity index (χ1n) is 14.2. The molecule has 0 aromatic heterocycles. The molecule has 0 radical (unpaired) electrons. The fourth-order valence-electron chi connectivity index (χ4n) is 3.68. The van der Waals surface area contributed by atoms with E-state index in [9.17, 15) is 19.5 Å². The summed E-state index contributed by atoms with van der Waals surface area (Å²) in [6.45, 7) is 9.89. The van der Waals surface area contributed by atoms with Crippen molar-refractivity contribution >= 4 is 17.8 Å². The molecule has 2 unspecified atom stereocenters. The summed E-state index contributed by atoms with van der Waals surface area (Å²) in [5, 5.41) is 14.8. The molecular weight excluding hydrogens is 476 g/mol. The predicted octanol–water partition coefficient (Wildman–Crippen LogP) is 7.05. The molecule has 0 aliphatic carbocycles. The number of aliphatic carboxylic acids is 1. The van der Waals surface area contributed by atoms with E-state index in [1.54, 1.807) is 0 Å². The fraction of sp³-hybridized carbons (Fsp3) is 0.594. The van der Waals surface area contributed by atoms with Crippen LogP contribution in [0, 0.1) is 11.8 Å². The van der Waals surface area contributed by atoms with E-state index in [1.165, 1.54) is 0 Å². The van der Waals surface area contributed by atoms with Crippen LogP contribution in [-0.4, -0.2) is 35.0 Å². The second-order valence-electron chi connectivity index (χ2n) is 10.4. The number of carbonyl (C=O) groups excluding carboxylic acids is 2. The maximum absolute atomic E-state index is 12.7. The summed E-state index contributed by atoms with van der Waals surface area (Å²) in [5.41, 5.74) is 0. The highest BCUT2D eigenvalue weighted by atomic mass is 16.4. The molecule has 2 atom stereocenters. The van der Waals surface area contributed by atoms with E-state index in [0.29, 0.717) is 25.7 Å². The number of nitrogens with one attached hydrogen (secondary N) is 2. The molecule has 214 valence electrons. The minimum atomic E-state index is -1.06. The van der Waals surface area contributed by atoms with Gasteiger partial charge < -0.3 is 15.7 Å². The molecule has 0 spiro atoms. The molecule has 3 N–H and O–H groups in total. The zero-order valence-electron chi connectivity index (χ0n) is 24.3. The summed E-state index contributed by atoms with van der Waals surface area (Å²) < 4.78 is 0. The Morgan fingerprint density at radius 3 is 1.55 bits per heavy atom. The third-order valence-corrected chi connectivity index (χ3v) is 5.61. The van der Waals surface area contributed by atoms with Gasteiger partial charge in [0.15, 0.2) is 0 Å². The van der Waals surface area contributed by atoms with E-state index in [-0.39, 0.29) is 17.7 Å². The van der Waals surface area contributed by atoms with Gasteiger partial charge in [0.1, 0.15) is 12.1 Å². The highest BCUT2D eigenvalue weighted by Gasteiger charge is 2.27. The monoisotopic (exact) mass is 528 g/mol. The number of carbonyl (C=O) groups is 3. The van der Waals surface area contributed by atoms with Crippen LogP contribution in [-0.2, 0) is 14.4 Å². The van der Waals surface area contributed by atoms with Gasteiger partial charge in [0, 0.05) is 6.42 Å². The molecule has 0 saturated carbocycles. The maximum Gasteiger partial charge on any atom is 0.326 e. The Bertz CT molecular complexity index is 806. The minimum absolute atomic E-state index is 0.130. The number of amides is 2. The number of hydrogen-bond acceptors (Lipinski definition) is 3. The van der Waals surface area contributed by atoms with Gasteiger partial charge in [0.25, 0.3) is 0 Å². The van der Waals surface area contributed by atoms with Gasteiger partial charge in [0.05, 0.1) is 0 Å². The van der Waals surface area contributed by atoms with Crippen LogP contribution in [0.1, 0.15) is 98.8 Å². The minimum Gasteiger partial charge on any atom is -0.480 e. The normalized spacial score (nSPS) is 14.1. The fourth-order valence-corrected chi connectivity index (χ4v) is 3.68. The highest BCUT2D eigenvalue weighted by Crippen LogP contribution is 2.10. The van der Waals surface area contributed by atoms with Gasteiger partial charge in [-0.25, -0.2) is 4.79 Å². The molecule has 0 aliphatic heterocycles. The summed E-state index contributed by atoms with van der Waals surface area (Å²) in [6.07, 6.45) is 29.0. The van der Waals surface area contributed by atoms with Gasteiger partial charge >= 0.3 is 5.97 Å². The Hall–Kier alpha value is -2.89. The van der Waals surface area contributed by atoms with E-state index in [4.69, 9.17) is 0 Å². The van der Waals surface area contributed by atoms with Crippen LogP contribution in [0.2, 0.25) is 0 Å². The quantitative estimate of drug-likeness (QED) is 0.110. The van der Waals surface area contributed by atoms with Gasteiger partial charge in [0.2, 0.25) is 11.8 Å². The average Bonchev–Trinajstić information content (AvgIpc) is 2.84. The Kier molecular flexibility index (Phi) is 21.5. The third-order valence-electron chi connectivity index (χ3n) is 5.61. The molecule has 6 heteroatoms. The van der Waals surface area contributed by atoms with Crippen molar-refractivity contribution in [1.29, 1.82) is 0 Å². The smallest absolute Gasteiger partial charge is 0.326 e. The highest BCUT2D eigenvalue weighted by molar-refractivity contribution is 5.90. The molecular formula is C32H52N2O4. The molecule has 0 bridgehead atoms. The van der Waals surface area contributed by atoms with Gasteiger partial charge in [-0.15, -0.1) is 0 Å². The Balaban J connectivity index is 4.28. The average molecular weight is 529 g/mol. The lowest BCUT2D eigenvalue weighted by Crippen LogP contribution is -2.52. The van der Waals surface area contributed by atoms with Gasteiger partial charge in [-0.2, -0.15) is 0 Å². The van der Waals surface area contributed by atoms with Gasteiger partial charge in [-0.3, -0.25) is 9.59 Å². The Labute approximate surface area is 231 Å². The van der Waals surface area contributed by atoms with Gasteiger partial charge in [-0.05, 0) is 69.6 Å². The van der Waals surface area contributed by atoms with E-state index in [1.807, 2.05) is 27.7 Å². The molecule has 0 heterocycles. The number of hydrogen-bond donors (Lipinski definition) is 3. The first kappa shape index (κ1) is 35.1. The molecule has 0 aromatic carbocycles. The van der Waals surface area contributed by atoms with Crippen LogP contribution in [0.4, 0.5) is 0 Å². The third kappa shape index (κ3) is 21.2. The van der Waals surface area contributed by atoms with E-state index < -0.39 is 24.0 Å². The van der Waals surface area contributed by atoms with Crippen LogP contribution in [0.3, 0.4) is 0 Å².